The summed E-state index contributed by atoms with van der Waals surface area (Å²) in [4.78, 5) is 8.82. The highest BCUT2D eigenvalue weighted by Crippen LogP contribution is 2.38. The summed E-state index contributed by atoms with van der Waals surface area (Å²) in [6.07, 6.45) is 14.4. The van der Waals surface area contributed by atoms with E-state index in [4.69, 9.17) is 5.26 Å². The Labute approximate surface area is 190 Å². The molecule has 0 atom stereocenters. The van der Waals surface area contributed by atoms with Crippen LogP contribution in [0.25, 0.3) is 22.5 Å². The van der Waals surface area contributed by atoms with Crippen molar-refractivity contribution in [1.82, 2.24) is 9.97 Å². The summed E-state index contributed by atoms with van der Waals surface area (Å²) in [6.45, 7) is 2.28. The zero-order valence-corrected chi connectivity index (χ0v) is 18.7. The lowest BCUT2D eigenvalue weighted by Crippen LogP contribution is -2.13. The molecule has 3 aromatic rings. The molecule has 0 saturated heterocycles. The fourth-order valence-electron chi connectivity index (χ4n) is 4.79. The van der Waals surface area contributed by atoms with Crippen molar-refractivity contribution in [3.05, 3.63) is 71.8 Å². The first-order chi connectivity index (χ1) is 15.7. The van der Waals surface area contributed by atoms with Crippen LogP contribution in [0.5, 0.6) is 0 Å². The summed E-state index contributed by atoms with van der Waals surface area (Å²) in [5.74, 6) is 1.50. The maximum absolute atomic E-state index is 13.9. The van der Waals surface area contributed by atoms with E-state index in [9.17, 15) is 4.39 Å². The number of hydrogen-bond donors (Lipinski definition) is 0. The summed E-state index contributed by atoms with van der Waals surface area (Å²) in [6, 6.07) is 15.1. The molecule has 0 aliphatic heterocycles. The minimum atomic E-state index is -0.553. The Morgan fingerprint density at radius 1 is 0.906 bits per heavy atom. The van der Waals surface area contributed by atoms with Gasteiger partial charge in [-0.1, -0.05) is 56.9 Å². The van der Waals surface area contributed by atoms with Gasteiger partial charge in [0.1, 0.15) is 11.9 Å². The van der Waals surface area contributed by atoms with E-state index >= 15 is 0 Å². The summed E-state index contributed by atoms with van der Waals surface area (Å²) >= 11 is 0. The Morgan fingerprint density at radius 2 is 1.59 bits per heavy atom. The van der Waals surface area contributed by atoms with Crippen LogP contribution in [0.3, 0.4) is 0 Å². The predicted molar refractivity (Wildman–Crippen MR) is 126 cm³/mol. The average molecular weight is 428 g/mol. The van der Waals surface area contributed by atoms with Crippen LogP contribution in [-0.2, 0) is 0 Å². The molecule has 0 unspecified atom stereocenters. The van der Waals surface area contributed by atoms with E-state index in [-0.39, 0.29) is 5.56 Å². The van der Waals surface area contributed by atoms with Crippen LogP contribution in [-0.4, -0.2) is 9.97 Å². The molecule has 1 aromatic heterocycles. The molecule has 0 amide bonds. The van der Waals surface area contributed by atoms with Gasteiger partial charge < -0.3 is 0 Å². The van der Waals surface area contributed by atoms with Crippen LogP contribution in [0.4, 0.5) is 4.39 Å². The van der Waals surface area contributed by atoms with E-state index < -0.39 is 5.82 Å². The highest BCUT2D eigenvalue weighted by atomic mass is 19.1. The van der Waals surface area contributed by atoms with Gasteiger partial charge in [0.25, 0.3) is 0 Å². The largest absolute Gasteiger partial charge is 0.236 e. The van der Waals surface area contributed by atoms with Crippen molar-refractivity contribution in [2.75, 3.05) is 0 Å². The van der Waals surface area contributed by atoms with Crippen LogP contribution >= 0.6 is 0 Å². The second kappa shape index (κ2) is 10.5. The zero-order valence-electron chi connectivity index (χ0n) is 18.7. The van der Waals surface area contributed by atoms with E-state index in [0.29, 0.717) is 17.3 Å². The lowest BCUT2D eigenvalue weighted by Gasteiger charge is -2.29. The number of unbranched alkanes of at least 4 members (excludes halogenated alkanes) is 2. The Hall–Kier alpha value is -3.06. The zero-order chi connectivity index (χ0) is 22.3. The number of rotatable bonds is 7. The maximum atomic E-state index is 13.9. The van der Waals surface area contributed by atoms with E-state index in [0.717, 1.165) is 17.0 Å². The first-order valence-electron chi connectivity index (χ1n) is 11.8. The van der Waals surface area contributed by atoms with Gasteiger partial charge in [-0.2, -0.15) is 5.26 Å². The van der Waals surface area contributed by atoms with Crippen molar-refractivity contribution in [3.63, 3.8) is 0 Å². The molecule has 0 radical (unpaired) electrons. The van der Waals surface area contributed by atoms with Gasteiger partial charge in [-0.3, -0.25) is 0 Å². The molecule has 0 spiro atoms. The molecular formula is C28H30FN3. The summed E-state index contributed by atoms with van der Waals surface area (Å²) in [5.41, 5.74) is 4.05. The standard InChI is InChI=1S/C28H30FN3/c1-2-3-4-5-20-6-8-21(9-7-20)22-10-12-23(13-11-22)26-18-31-28(32-19-26)24-14-15-25(17-30)27(29)16-24/h10-16,18-21H,2-9H2,1H3/t20-,21-. The molecular weight excluding hydrogens is 397 g/mol. The van der Waals surface area contributed by atoms with E-state index in [2.05, 4.69) is 41.2 Å². The van der Waals surface area contributed by atoms with Gasteiger partial charge in [-0.15, -0.1) is 0 Å². The Kier molecular flexibility index (Phi) is 7.27. The molecule has 1 fully saturated rings. The molecule has 1 aliphatic rings. The molecule has 164 valence electrons. The fourth-order valence-corrected chi connectivity index (χ4v) is 4.79. The highest BCUT2D eigenvalue weighted by molar-refractivity contribution is 5.64. The second-order valence-corrected chi connectivity index (χ2v) is 8.94. The molecule has 2 aromatic carbocycles. The summed E-state index contributed by atoms with van der Waals surface area (Å²) < 4.78 is 13.9. The van der Waals surface area contributed by atoms with Crippen LogP contribution in [0.15, 0.2) is 54.9 Å². The van der Waals surface area contributed by atoms with Gasteiger partial charge in [-0.05, 0) is 66.8 Å². The molecule has 32 heavy (non-hydrogen) atoms. The molecule has 1 heterocycles. The lowest BCUT2D eigenvalue weighted by molar-refractivity contribution is 0.303. The number of hydrogen-bond acceptors (Lipinski definition) is 3. The SMILES string of the molecule is CCCCC[C@H]1CC[C@H](c2ccc(-c3cnc(-c4ccc(C#N)c(F)c4)nc3)cc2)CC1. The second-order valence-electron chi connectivity index (χ2n) is 8.94. The fraction of sp³-hybridized carbons (Fsp3) is 0.393. The number of benzene rings is 2. The normalized spacial score (nSPS) is 18.3. The monoisotopic (exact) mass is 427 g/mol. The Bertz CT molecular complexity index is 1060. The van der Waals surface area contributed by atoms with E-state index in [1.165, 1.54) is 69.1 Å². The van der Waals surface area contributed by atoms with Crippen molar-refractivity contribution < 1.29 is 4.39 Å². The van der Waals surface area contributed by atoms with Gasteiger partial charge in [0.15, 0.2) is 5.82 Å². The highest BCUT2D eigenvalue weighted by Gasteiger charge is 2.22. The van der Waals surface area contributed by atoms with Gasteiger partial charge in [0, 0.05) is 23.5 Å². The van der Waals surface area contributed by atoms with Gasteiger partial charge in [0.05, 0.1) is 5.56 Å². The quantitative estimate of drug-likeness (QED) is 0.363. The van der Waals surface area contributed by atoms with E-state index in [1.807, 2.05) is 6.07 Å². The third-order valence-electron chi connectivity index (χ3n) is 6.78. The van der Waals surface area contributed by atoms with Crippen LogP contribution in [0.1, 0.15) is 75.3 Å². The third kappa shape index (κ3) is 5.22. The predicted octanol–water partition coefficient (Wildman–Crippen LogP) is 7.68. The molecule has 3 nitrogen and oxygen atoms in total. The molecule has 4 heteroatoms. The van der Waals surface area contributed by atoms with Crippen LogP contribution in [0.2, 0.25) is 0 Å². The smallest absolute Gasteiger partial charge is 0.159 e. The number of nitriles is 1. The molecule has 0 bridgehead atoms. The first kappa shape index (κ1) is 22.1. The molecule has 1 aliphatic carbocycles. The first-order valence-corrected chi connectivity index (χ1v) is 11.8. The number of nitrogens with zero attached hydrogens (tertiary/aromatic N) is 3. The Morgan fingerprint density at radius 3 is 2.22 bits per heavy atom. The molecule has 1 saturated carbocycles. The minimum Gasteiger partial charge on any atom is -0.236 e. The van der Waals surface area contributed by atoms with Gasteiger partial charge >= 0.3 is 0 Å². The van der Waals surface area contributed by atoms with E-state index in [1.54, 1.807) is 18.5 Å². The topological polar surface area (TPSA) is 49.6 Å². The minimum absolute atomic E-state index is 0.0236. The van der Waals surface area contributed by atoms with Gasteiger partial charge in [-0.25, -0.2) is 14.4 Å². The van der Waals surface area contributed by atoms with Crippen molar-refractivity contribution in [1.29, 1.82) is 5.26 Å². The lowest BCUT2D eigenvalue weighted by atomic mass is 9.77. The third-order valence-corrected chi connectivity index (χ3v) is 6.78. The van der Waals surface area contributed by atoms with Crippen molar-refractivity contribution in [3.8, 4) is 28.6 Å². The van der Waals surface area contributed by atoms with Crippen LogP contribution < -0.4 is 0 Å². The summed E-state index contributed by atoms with van der Waals surface area (Å²) in [7, 11) is 0. The number of aromatic nitrogens is 2. The summed E-state index contributed by atoms with van der Waals surface area (Å²) in [5, 5.41) is 8.88. The van der Waals surface area contributed by atoms with Gasteiger partial charge in [0.2, 0.25) is 0 Å². The van der Waals surface area contributed by atoms with Crippen molar-refractivity contribution >= 4 is 0 Å². The number of halogens is 1. The van der Waals surface area contributed by atoms with Crippen LogP contribution in [0, 0.1) is 23.1 Å². The molecule has 4 rings (SSSR count). The molecule has 0 N–H and O–H groups in total. The average Bonchev–Trinajstić information content (AvgIpc) is 2.85. The Balaban J connectivity index is 1.38. The van der Waals surface area contributed by atoms with Crippen molar-refractivity contribution in [2.45, 2.75) is 64.2 Å². The maximum Gasteiger partial charge on any atom is 0.159 e. The van der Waals surface area contributed by atoms with Crippen molar-refractivity contribution in [2.24, 2.45) is 5.92 Å².